The van der Waals surface area contributed by atoms with Crippen molar-refractivity contribution in [2.45, 2.75) is 97.1 Å². The van der Waals surface area contributed by atoms with Gasteiger partial charge in [0.15, 0.2) is 28.8 Å². The van der Waals surface area contributed by atoms with E-state index < -0.39 is 42.1 Å². The standard InChI is InChI=1S/C86H108N10O23/c1-56(2)80(93-78(98)22-27-109-29-31-111-33-35-113-37-39-115-41-42-116-40-38-114-36-34-112-32-30-110-28-24-94-79(99)43-57(3)82(94)101)71(97)44-61(9-7-23-88-85(87)104)81(100)91-66-16-10-58(11-17-66)55-119-86(105)92-67-18-12-59(13-19-67)64-47-76-89-51-62-45-74(72(107-5)49-69(62)83(102)95(76)53-64)117-25-8-26-118-75-46-63-52-90-77-48-65(60-14-20-68(106-4)21-15-60)54-96(77)84(103)70(63)50-73(75)108-6/h10-21,45-46,49-54,56-57,61,76-77,80H,7-9,22-44,47-48,55H2,1-6H3,(H,91,100)(H,92,105)(H,93,98)(H3,87,88,104)/t57?,61-,76-,77-,80+/m1/s1. The molecule has 5 atom stereocenters. The molecule has 1 saturated heterocycles. The topological polar surface area (TPSA) is 391 Å². The van der Waals surface area contributed by atoms with Gasteiger partial charge in [0.05, 0.1) is 164 Å². The van der Waals surface area contributed by atoms with Gasteiger partial charge in [-0.3, -0.25) is 63.6 Å². The van der Waals surface area contributed by atoms with Crippen molar-refractivity contribution in [1.29, 1.82) is 0 Å². The fourth-order valence-corrected chi connectivity index (χ4v) is 13.5. The van der Waals surface area contributed by atoms with Crippen molar-refractivity contribution in [3.05, 3.63) is 148 Å². The molecule has 5 heterocycles. The van der Waals surface area contributed by atoms with Gasteiger partial charge in [-0.15, -0.1) is 0 Å². The minimum atomic E-state index is -0.891. The van der Waals surface area contributed by atoms with Crippen LogP contribution in [0.1, 0.15) is 121 Å². The fourth-order valence-electron chi connectivity index (χ4n) is 13.5. The Kier molecular flexibility index (Phi) is 35.5. The van der Waals surface area contributed by atoms with E-state index in [-0.39, 0.29) is 132 Å². The van der Waals surface area contributed by atoms with E-state index in [4.69, 9.17) is 82.0 Å². The van der Waals surface area contributed by atoms with Crippen molar-refractivity contribution in [1.82, 2.24) is 25.3 Å². The monoisotopic (exact) mass is 1650 g/mol. The van der Waals surface area contributed by atoms with Gasteiger partial charge in [-0.05, 0) is 107 Å². The van der Waals surface area contributed by atoms with Crippen LogP contribution in [0.3, 0.4) is 0 Å². The molecule has 0 spiro atoms. The molecule has 5 aromatic rings. The van der Waals surface area contributed by atoms with E-state index in [2.05, 4.69) is 21.3 Å². The Labute approximate surface area is 691 Å². The second-order valence-electron chi connectivity index (χ2n) is 28.8. The van der Waals surface area contributed by atoms with Gasteiger partial charge < -0.3 is 88.0 Å². The summed E-state index contributed by atoms with van der Waals surface area (Å²) in [6, 6.07) is 26.7. The first-order valence-electron chi connectivity index (χ1n) is 40.0. The van der Waals surface area contributed by atoms with Crippen LogP contribution in [-0.4, -0.2) is 252 Å². The maximum absolute atomic E-state index is 14.2. The maximum atomic E-state index is 14.2. The van der Waals surface area contributed by atoms with Crippen LogP contribution in [0.2, 0.25) is 0 Å². The molecule has 0 aliphatic carbocycles. The molecule has 1 unspecified atom stereocenters. The van der Waals surface area contributed by atoms with Crippen molar-refractivity contribution < 1.29 is 109 Å². The predicted octanol–water partition coefficient (Wildman–Crippen LogP) is 8.62. The van der Waals surface area contributed by atoms with Crippen LogP contribution >= 0.6 is 0 Å². The van der Waals surface area contributed by atoms with Crippen LogP contribution in [-0.2, 0) is 73.2 Å². The number of fused-ring (bicyclic) bond motifs is 4. The van der Waals surface area contributed by atoms with Gasteiger partial charge in [-0.2, -0.15) is 0 Å². The summed E-state index contributed by atoms with van der Waals surface area (Å²) >= 11 is 0. The molecule has 1 fully saturated rings. The Morgan fingerprint density at radius 1 is 0.538 bits per heavy atom. The highest BCUT2D eigenvalue weighted by Crippen LogP contribution is 2.40. The molecular formula is C86H108N10O23. The average molecular weight is 1650 g/mol. The minimum Gasteiger partial charge on any atom is -0.497 e. The summed E-state index contributed by atoms with van der Waals surface area (Å²) in [5.41, 5.74) is 12.5. The molecule has 5 aliphatic rings. The van der Waals surface area contributed by atoms with Crippen molar-refractivity contribution >= 4 is 88.3 Å². The van der Waals surface area contributed by atoms with Gasteiger partial charge in [0, 0.05) is 104 Å². The average Bonchev–Trinajstić information content (AvgIpc) is 1.65. The molecule has 6 N–H and O–H groups in total. The largest absolute Gasteiger partial charge is 0.497 e. The van der Waals surface area contributed by atoms with Crippen molar-refractivity contribution in [2.24, 2.45) is 33.5 Å². The van der Waals surface area contributed by atoms with Crippen molar-refractivity contribution in [3.8, 4) is 28.7 Å². The molecule has 0 aromatic heterocycles. The number of hydrogen-bond acceptors (Lipinski definition) is 25. The number of benzene rings is 5. The molecule has 640 valence electrons. The summed E-state index contributed by atoms with van der Waals surface area (Å²) in [6.45, 7) is 11.6. The molecule has 5 aromatic carbocycles. The first-order valence-corrected chi connectivity index (χ1v) is 40.0. The molecule has 10 rings (SSSR count). The summed E-state index contributed by atoms with van der Waals surface area (Å²) in [7, 11) is 4.65. The number of anilines is 2. The van der Waals surface area contributed by atoms with E-state index in [1.807, 2.05) is 42.6 Å². The number of nitrogens with two attached hydrogens (primary N) is 1. The molecule has 0 saturated carbocycles. The van der Waals surface area contributed by atoms with Gasteiger partial charge in [0.25, 0.3) is 11.8 Å². The van der Waals surface area contributed by atoms with E-state index in [0.29, 0.717) is 167 Å². The second-order valence-corrected chi connectivity index (χ2v) is 28.8. The number of carbonyl (C=O) groups excluding carboxylic acids is 9. The number of nitrogens with zero attached hydrogens (tertiary/aromatic N) is 5. The Balaban J connectivity index is 0.574. The van der Waals surface area contributed by atoms with E-state index >= 15 is 0 Å². The third-order valence-electron chi connectivity index (χ3n) is 20.0. The van der Waals surface area contributed by atoms with Crippen molar-refractivity contribution in [2.75, 3.05) is 164 Å². The second kappa shape index (κ2) is 46.8. The number of primary amides is 1. The van der Waals surface area contributed by atoms with Gasteiger partial charge >= 0.3 is 12.1 Å². The van der Waals surface area contributed by atoms with Crippen LogP contribution in [0.25, 0.3) is 11.1 Å². The number of aliphatic imine (C=N–C) groups is 2. The zero-order chi connectivity index (χ0) is 84.4. The van der Waals surface area contributed by atoms with Crippen LogP contribution in [0, 0.1) is 17.8 Å². The zero-order valence-corrected chi connectivity index (χ0v) is 68.2. The van der Waals surface area contributed by atoms with Gasteiger partial charge in [0.2, 0.25) is 23.6 Å². The summed E-state index contributed by atoms with van der Waals surface area (Å²) < 4.78 is 78.9. The number of ether oxygens (including phenoxy) is 14. The van der Waals surface area contributed by atoms with Crippen LogP contribution in [0.15, 0.2) is 119 Å². The maximum Gasteiger partial charge on any atom is 0.411 e. The van der Waals surface area contributed by atoms with Crippen LogP contribution < -0.4 is 50.7 Å². The summed E-state index contributed by atoms with van der Waals surface area (Å²) in [4.78, 5) is 131. The van der Waals surface area contributed by atoms with Gasteiger partial charge in [-0.25, -0.2) is 9.59 Å². The Morgan fingerprint density at radius 3 is 1.47 bits per heavy atom. The van der Waals surface area contributed by atoms with E-state index in [9.17, 15) is 43.2 Å². The number of Topliss-reactive ketones (excluding diaryl/α,β-unsaturated/α-hetero) is 1. The number of imide groups is 1. The normalized spacial score (nSPS) is 16.4. The first kappa shape index (κ1) is 90.2. The molecule has 0 radical (unpaired) electrons. The predicted molar refractivity (Wildman–Crippen MR) is 439 cm³/mol. The number of methoxy groups -OCH3 is 3. The lowest BCUT2D eigenvalue weighted by molar-refractivity contribution is -0.140. The molecular weight excluding hydrogens is 1540 g/mol. The number of amides is 9. The molecule has 5 aliphatic heterocycles. The van der Waals surface area contributed by atoms with Crippen molar-refractivity contribution in [3.63, 3.8) is 0 Å². The van der Waals surface area contributed by atoms with Crippen LogP contribution in [0.5, 0.6) is 28.7 Å². The SMILES string of the molecule is COc1ccc(C2=CN3C(=O)c4cc(OC)c(OCCCOc5cc6c(cc5OC)C(=O)N5C=C(c7ccc(NC(=O)OCc8ccc(NC(=O)[C@H](CCCNC(N)=O)CC(=O)[C@@H](NC(=O)CCOCCOCCOCCOCCOCCOCCOCCOCCN9C(=O)CC(C)C9=O)C(C)C)cc8)cc7)C[C@@H]5N=C6)cc4C=N[C@H]3C2)cc1. The molecule has 33 heteroatoms. The number of rotatable bonds is 52. The fraction of sp³-hybridized carbons (Fsp3) is 0.477. The van der Waals surface area contributed by atoms with Gasteiger partial charge in [0.1, 0.15) is 24.7 Å². The summed E-state index contributed by atoms with van der Waals surface area (Å²) in [5, 5.41) is 11.0. The van der Waals surface area contributed by atoms with E-state index in [1.165, 1.54) is 19.1 Å². The summed E-state index contributed by atoms with van der Waals surface area (Å²) in [6.07, 6.45) is 7.46. The minimum absolute atomic E-state index is 0.0136. The first-order chi connectivity index (χ1) is 57.8. The quantitative estimate of drug-likeness (QED) is 0.0179. The number of carbonyl (C=O) groups is 9. The number of urea groups is 1. The Bertz CT molecular complexity index is 4390. The Hall–Kier alpha value is -11.2. The number of ketones is 1. The third kappa shape index (κ3) is 27.2. The number of nitrogens with one attached hydrogen (secondary N) is 4. The van der Waals surface area contributed by atoms with E-state index in [1.54, 1.807) is 117 Å². The Morgan fingerprint density at radius 2 is 1.01 bits per heavy atom. The lowest BCUT2D eigenvalue weighted by Gasteiger charge is -2.24. The third-order valence-corrected chi connectivity index (χ3v) is 20.0. The molecule has 0 bridgehead atoms. The molecule has 9 amide bonds. The number of likely N-dealkylation sites (tertiary alicyclic amines) is 1. The smallest absolute Gasteiger partial charge is 0.411 e. The highest BCUT2D eigenvalue weighted by Gasteiger charge is 2.38. The molecule has 119 heavy (non-hydrogen) atoms. The zero-order valence-electron chi connectivity index (χ0n) is 68.2. The molecule has 33 nitrogen and oxygen atoms in total. The lowest BCUT2D eigenvalue weighted by atomic mass is 9.89. The van der Waals surface area contributed by atoms with Crippen LogP contribution in [0.4, 0.5) is 21.0 Å². The highest BCUT2D eigenvalue weighted by molar-refractivity contribution is 6.07. The lowest BCUT2D eigenvalue weighted by Crippen LogP contribution is -2.45. The van der Waals surface area contributed by atoms with E-state index in [0.717, 1.165) is 28.0 Å². The summed E-state index contributed by atoms with van der Waals surface area (Å²) in [5.74, 6) is -0.958. The van der Waals surface area contributed by atoms with Gasteiger partial charge in [-0.1, -0.05) is 57.2 Å². The highest BCUT2D eigenvalue weighted by atomic mass is 16.6. The number of hydrogen-bond donors (Lipinski definition) is 5.